The molecular formula is C22H25NO3. The van der Waals surface area contributed by atoms with Gasteiger partial charge in [0.2, 0.25) is 0 Å². The second-order valence-corrected chi connectivity index (χ2v) is 6.83. The van der Waals surface area contributed by atoms with E-state index in [1.165, 1.54) is 19.1 Å². The Labute approximate surface area is 154 Å². The molecule has 0 radical (unpaired) electrons. The summed E-state index contributed by atoms with van der Waals surface area (Å²) in [5.74, 6) is 0.340. The lowest BCUT2D eigenvalue weighted by molar-refractivity contribution is 0.0599. The van der Waals surface area contributed by atoms with Crippen molar-refractivity contribution in [1.82, 2.24) is 4.90 Å². The average molecular weight is 351 g/mol. The number of aryl methyl sites for hydroxylation is 1. The average Bonchev–Trinajstić information content (AvgIpc) is 2.72. The molecular weight excluding hydrogens is 326 g/mol. The minimum absolute atomic E-state index is 0.0444. The number of nitrogens with zero attached hydrogens (tertiary/aromatic N) is 1. The smallest absolute Gasteiger partial charge is 0.337 e. The van der Waals surface area contributed by atoms with Crippen LogP contribution in [0, 0.1) is 5.92 Å². The van der Waals surface area contributed by atoms with Gasteiger partial charge in [0, 0.05) is 18.7 Å². The standard InChI is InChI=1S/C22H25NO3/c1-26-22(25)20-11-9-19(10-12-20)21(24)23-15-13-18(14-16-23)8-7-17-5-3-2-4-6-17/h2-6,9-12,18H,7-8,13-16H2,1H3. The van der Waals surface area contributed by atoms with Crippen molar-refractivity contribution in [2.45, 2.75) is 25.7 Å². The van der Waals surface area contributed by atoms with Crippen molar-refractivity contribution in [2.24, 2.45) is 5.92 Å². The summed E-state index contributed by atoms with van der Waals surface area (Å²) in [4.78, 5) is 26.0. The minimum atomic E-state index is -0.386. The first-order valence-corrected chi connectivity index (χ1v) is 9.19. The highest BCUT2D eigenvalue weighted by Crippen LogP contribution is 2.23. The largest absolute Gasteiger partial charge is 0.465 e. The molecule has 1 aliphatic rings. The molecule has 26 heavy (non-hydrogen) atoms. The van der Waals surface area contributed by atoms with Crippen LogP contribution >= 0.6 is 0 Å². The number of carbonyl (C=O) groups is 2. The van der Waals surface area contributed by atoms with E-state index in [1.807, 2.05) is 11.0 Å². The molecule has 136 valence electrons. The van der Waals surface area contributed by atoms with Gasteiger partial charge in [-0.15, -0.1) is 0 Å². The molecule has 0 unspecified atom stereocenters. The third kappa shape index (κ3) is 4.51. The minimum Gasteiger partial charge on any atom is -0.465 e. The molecule has 0 aliphatic carbocycles. The highest BCUT2D eigenvalue weighted by molar-refractivity contribution is 5.96. The SMILES string of the molecule is COC(=O)c1ccc(C(=O)N2CCC(CCc3ccccc3)CC2)cc1. The number of carbonyl (C=O) groups excluding carboxylic acids is 2. The van der Waals surface area contributed by atoms with Gasteiger partial charge >= 0.3 is 5.97 Å². The van der Waals surface area contributed by atoms with Crippen molar-refractivity contribution in [2.75, 3.05) is 20.2 Å². The van der Waals surface area contributed by atoms with Gasteiger partial charge in [0.05, 0.1) is 12.7 Å². The van der Waals surface area contributed by atoms with Crippen LogP contribution in [-0.2, 0) is 11.2 Å². The molecule has 0 bridgehead atoms. The molecule has 0 aromatic heterocycles. The van der Waals surface area contributed by atoms with E-state index in [-0.39, 0.29) is 11.9 Å². The first-order valence-electron chi connectivity index (χ1n) is 9.19. The third-order valence-electron chi connectivity index (χ3n) is 5.14. The molecule has 0 spiro atoms. The van der Waals surface area contributed by atoms with Crippen LogP contribution in [0.5, 0.6) is 0 Å². The first kappa shape index (κ1) is 18.2. The summed E-state index contributed by atoms with van der Waals surface area (Å²) in [7, 11) is 1.35. The zero-order valence-electron chi connectivity index (χ0n) is 15.2. The van der Waals surface area contributed by atoms with E-state index < -0.39 is 0 Å². The number of piperidine rings is 1. The molecule has 1 saturated heterocycles. The Morgan fingerprint density at radius 2 is 1.58 bits per heavy atom. The molecule has 2 aromatic carbocycles. The van der Waals surface area contributed by atoms with E-state index in [0.29, 0.717) is 17.0 Å². The molecule has 1 heterocycles. The maximum Gasteiger partial charge on any atom is 0.337 e. The summed E-state index contributed by atoms with van der Waals surface area (Å²) in [6.45, 7) is 1.61. The van der Waals surface area contributed by atoms with Crippen LogP contribution in [0.1, 0.15) is 45.5 Å². The summed E-state index contributed by atoms with van der Waals surface area (Å²) in [6.07, 6.45) is 4.39. The third-order valence-corrected chi connectivity index (χ3v) is 5.14. The second kappa shape index (κ2) is 8.65. The Hall–Kier alpha value is -2.62. The molecule has 1 amide bonds. The Morgan fingerprint density at radius 3 is 2.19 bits per heavy atom. The summed E-state index contributed by atoms with van der Waals surface area (Å²) in [5.41, 5.74) is 2.47. The first-order chi connectivity index (χ1) is 12.7. The molecule has 4 heteroatoms. The molecule has 0 saturated carbocycles. The number of methoxy groups -OCH3 is 1. The highest BCUT2D eigenvalue weighted by Gasteiger charge is 2.23. The fourth-order valence-electron chi connectivity index (χ4n) is 3.49. The van der Waals surface area contributed by atoms with Crippen LogP contribution < -0.4 is 0 Å². The second-order valence-electron chi connectivity index (χ2n) is 6.83. The lowest BCUT2D eigenvalue weighted by atomic mass is 9.90. The van der Waals surface area contributed by atoms with E-state index in [1.54, 1.807) is 24.3 Å². The van der Waals surface area contributed by atoms with Crippen LogP contribution in [0.2, 0.25) is 0 Å². The zero-order valence-corrected chi connectivity index (χ0v) is 15.2. The van der Waals surface area contributed by atoms with Gasteiger partial charge in [0.15, 0.2) is 0 Å². The van der Waals surface area contributed by atoms with E-state index in [4.69, 9.17) is 0 Å². The quantitative estimate of drug-likeness (QED) is 0.766. The van der Waals surface area contributed by atoms with Gasteiger partial charge in [-0.05, 0) is 61.4 Å². The van der Waals surface area contributed by atoms with Crippen molar-refractivity contribution in [3.8, 4) is 0 Å². The molecule has 2 aromatic rings. The number of esters is 1. The molecule has 0 atom stereocenters. The van der Waals surface area contributed by atoms with Crippen molar-refractivity contribution >= 4 is 11.9 Å². The van der Waals surface area contributed by atoms with Gasteiger partial charge in [0.25, 0.3) is 5.91 Å². The molecule has 4 nitrogen and oxygen atoms in total. The maximum atomic E-state index is 12.6. The van der Waals surface area contributed by atoms with Crippen molar-refractivity contribution < 1.29 is 14.3 Å². The fraction of sp³-hybridized carbons (Fsp3) is 0.364. The van der Waals surface area contributed by atoms with E-state index in [9.17, 15) is 9.59 Å². The summed E-state index contributed by atoms with van der Waals surface area (Å²) >= 11 is 0. The van der Waals surface area contributed by atoms with Crippen LogP contribution in [-0.4, -0.2) is 37.0 Å². The number of hydrogen-bond acceptors (Lipinski definition) is 3. The number of benzene rings is 2. The van der Waals surface area contributed by atoms with Crippen molar-refractivity contribution in [3.05, 3.63) is 71.3 Å². The number of hydrogen-bond donors (Lipinski definition) is 0. The lowest BCUT2D eigenvalue weighted by Crippen LogP contribution is -2.38. The van der Waals surface area contributed by atoms with Crippen molar-refractivity contribution in [3.63, 3.8) is 0 Å². The Morgan fingerprint density at radius 1 is 0.962 bits per heavy atom. The van der Waals surface area contributed by atoms with Gasteiger partial charge in [-0.25, -0.2) is 4.79 Å². The zero-order chi connectivity index (χ0) is 18.4. The number of amides is 1. The molecule has 1 aliphatic heterocycles. The molecule has 0 N–H and O–H groups in total. The van der Waals surface area contributed by atoms with E-state index in [0.717, 1.165) is 32.4 Å². The van der Waals surface area contributed by atoms with Crippen LogP contribution in [0.25, 0.3) is 0 Å². The maximum absolute atomic E-state index is 12.6. The van der Waals surface area contributed by atoms with Gasteiger partial charge in [-0.2, -0.15) is 0 Å². The van der Waals surface area contributed by atoms with Crippen LogP contribution in [0.4, 0.5) is 0 Å². The predicted octanol–water partition coefficient (Wildman–Crippen LogP) is 3.96. The van der Waals surface area contributed by atoms with Crippen LogP contribution in [0.3, 0.4) is 0 Å². The lowest BCUT2D eigenvalue weighted by Gasteiger charge is -2.32. The van der Waals surface area contributed by atoms with Gasteiger partial charge in [0.1, 0.15) is 0 Å². The summed E-state index contributed by atoms with van der Waals surface area (Å²) in [5, 5.41) is 0. The highest BCUT2D eigenvalue weighted by atomic mass is 16.5. The Balaban J connectivity index is 1.49. The summed E-state index contributed by atoms with van der Waals surface area (Å²) in [6, 6.07) is 17.3. The number of likely N-dealkylation sites (tertiary alicyclic amines) is 1. The Kier molecular flexibility index (Phi) is 6.05. The van der Waals surface area contributed by atoms with Crippen molar-refractivity contribution in [1.29, 1.82) is 0 Å². The fourth-order valence-corrected chi connectivity index (χ4v) is 3.49. The molecule has 3 rings (SSSR count). The van der Waals surface area contributed by atoms with E-state index in [2.05, 4.69) is 29.0 Å². The van der Waals surface area contributed by atoms with Gasteiger partial charge in [-0.1, -0.05) is 30.3 Å². The normalized spacial score (nSPS) is 14.9. The number of ether oxygens (including phenoxy) is 1. The monoisotopic (exact) mass is 351 g/mol. The number of rotatable bonds is 5. The van der Waals surface area contributed by atoms with Crippen LogP contribution in [0.15, 0.2) is 54.6 Å². The van der Waals surface area contributed by atoms with E-state index >= 15 is 0 Å². The summed E-state index contributed by atoms with van der Waals surface area (Å²) < 4.78 is 4.69. The Bertz CT molecular complexity index is 732. The molecule has 1 fully saturated rings. The van der Waals surface area contributed by atoms with Gasteiger partial charge < -0.3 is 9.64 Å². The van der Waals surface area contributed by atoms with Gasteiger partial charge in [-0.3, -0.25) is 4.79 Å². The predicted molar refractivity (Wildman–Crippen MR) is 101 cm³/mol. The topological polar surface area (TPSA) is 46.6 Å².